The molecule has 2 unspecified atom stereocenters. The molecule has 1 aromatic carbocycles. The second-order valence-electron chi connectivity index (χ2n) is 5.05. The smallest absolute Gasteiger partial charge is 0.267 e. The van der Waals surface area contributed by atoms with E-state index in [2.05, 4.69) is 22.7 Å². The Balaban J connectivity index is 1.62. The van der Waals surface area contributed by atoms with Gasteiger partial charge in [-0.1, -0.05) is 29.8 Å². The van der Waals surface area contributed by atoms with Crippen molar-refractivity contribution >= 4 is 11.6 Å². The van der Waals surface area contributed by atoms with Gasteiger partial charge >= 0.3 is 0 Å². The first-order valence-corrected chi connectivity index (χ1v) is 6.34. The third kappa shape index (κ3) is 1.96. The van der Waals surface area contributed by atoms with Crippen molar-refractivity contribution in [3.8, 4) is 0 Å². The normalized spacial score (nSPS) is 26.8. The molecular weight excluding hydrogens is 224 g/mol. The molecule has 3 rings (SSSR count). The molecule has 3 nitrogen and oxygen atoms in total. The van der Waals surface area contributed by atoms with E-state index >= 15 is 0 Å². The minimum absolute atomic E-state index is 0.128. The van der Waals surface area contributed by atoms with Crippen LogP contribution in [0.25, 0.3) is 0 Å². The van der Waals surface area contributed by atoms with E-state index in [1.165, 1.54) is 0 Å². The first-order chi connectivity index (χ1) is 8.74. The zero-order valence-corrected chi connectivity index (χ0v) is 10.4. The molecule has 18 heavy (non-hydrogen) atoms. The molecule has 92 valence electrons. The molecule has 0 aromatic heterocycles. The second kappa shape index (κ2) is 4.41. The molecule has 0 bridgehead atoms. The van der Waals surface area contributed by atoms with Crippen LogP contribution in [0.1, 0.15) is 28.8 Å². The zero-order valence-electron chi connectivity index (χ0n) is 10.4. The molecule has 1 aromatic rings. The van der Waals surface area contributed by atoms with E-state index in [1.807, 2.05) is 31.2 Å². The lowest BCUT2D eigenvalue weighted by Gasteiger charge is -2.31. The van der Waals surface area contributed by atoms with Crippen LogP contribution in [0.2, 0.25) is 0 Å². The van der Waals surface area contributed by atoms with Gasteiger partial charge in [0.15, 0.2) is 0 Å². The second-order valence-corrected chi connectivity index (χ2v) is 5.05. The van der Waals surface area contributed by atoms with Crippen molar-refractivity contribution in [1.29, 1.82) is 0 Å². The summed E-state index contributed by atoms with van der Waals surface area (Å²) in [6, 6.07) is 7.52. The van der Waals surface area contributed by atoms with Crippen molar-refractivity contribution < 1.29 is 4.79 Å². The Morgan fingerprint density at radius 2 is 2.11 bits per heavy atom. The summed E-state index contributed by atoms with van der Waals surface area (Å²) in [5, 5.41) is 4.25. The number of nitrogens with one attached hydrogen (secondary N) is 1. The Bertz CT molecular complexity index is 528. The highest BCUT2D eigenvalue weighted by Crippen LogP contribution is 2.40. The maximum Gasteiger partial charge on any atom is 0.271 e. The van der Waals surface area contributed by atoms with E-state index in [1.54, 1.807) is 0 Å². The van der Waals surface area contributed by atoms with Gasteiger partial charge in [0.2, 0.25) is 0 Å². The fourth-order valence-corrected chi connectivity index (χ4v) is 2.56. The summed E-state index contributed by atoms with van der Waals surface area (Å²) in [5.74, 6) is 1.08. The Kier molecular flexibility index (Phi) is 2.74. The molecule has 1 amide bonds. The number of carbonyl (C=O) groups excluding carboxylic acids is 1. The first kappa shape index (κ1) is 11.2. The van der Waals surface area contributed by atoms with E-state index in [-0.39, 0.29) is 5.91 Å². The Morgan fingerprint density at radius 1 is 1.33 bits per heavy atom. The van der Waals surface area contributed by atoms with Crippen molar-refractivity contribution in [3.63, 3.8) is 0 Å². The summed E-state index contributed by atoms with van der Waals surface area (Å²) in [7, 11) is 0. The SMILES string of the molecule is Cc1ccc(C(=O)NN=C2CC3C=CCC23)cc1. The molecule has 2 aliphatic rings. The quantitative estimate of drug-likeness (QED) is 0.626. The number of hydrogen-bond donors (Lipinski definition) is 1. The third-order valence-corrected chi connectivity index (χ3v) is 3.78. The summed E-state index contributed by atoms with van der Waals surface area (Å²) in [6.07, 6.45) is 6.53. The lowest BCUT2D eigenvalue weighted by molar-refractivity contribution is 0.0954. The van der Waals surface area contributed by atoms with Crippen molar-refractivity contribution in [2.75, 3.05) is 0 Å². The summed E-state index contributed by atoms with van der Waals surface area (Å²) in [5.41, 5.74) is 5.59. The minimum atomic E-state index is -0.128. The lowest BCUT2D eigenvalue weighted by Crippen LogP contribution is -2.35. The summed E-state index contributed by atoms with van der Waals surface area (Å²) in [6.45, 7) is 2.00. The van der Waals surface area contributed by atoms with Gasteiger partial charge in [-0.05, 0) is 37.8 Å². The van der Waals surface area contributed by atoms with Crippen LogP contribution in [0.3, 0.4) is 0 Å². The fourth-order valence-electron chi connectivity index (χ4n) is 2.56. The van der Waals surface area contributed by atoms with Gasteiger partial charge in [-0.15, -0.1) is 0 Å². The van der Waals surface area contributed by atoms with Crippen LogP contribution in [-0.4, -0.2) is 11.6 Å². The number of aryl methyl sites for hydroxylation is 1. The van der Waals surface area contributed by atoms with Gasteiger partial charge in [0.1, 0.15) is 0 Å². The molecule has 0 spiro atoms. The highest BCUT2D eigenvalue weighted by Gasteiger charge is 2.37. The molecule has 0 aliphatic heterocycles. The van der Waals surface area contributed by atoms with Crippen LogP contribution in [0.4, 0.5) is 0 Å². The van der Waals surface area contributed by atoms with Gasteiger partial charge in [-0.25, -0.2) is 5.43 Å². The molecule has 0 radical (unpaired) electrons. The highest BCUT2D eigenvalue weighted by molar-refractivity contribution is 5.98. The van der Waals surface area contributed by atoms with E-state index in [4.69, 9.17) is 0 Å². The predicted octanol–water partition coefficient (Wildman–Crippen LogP) is 2.68. The average Bonchev–Trinajstić information content (AvgIpc) is 2.72. The maximum atomic E-state index is 11.9. The number of amides is 1. The minimum Gasteiger partial charge on any atom is -0.267 e. The van der Waals surface area contributed by atoms with Crippen LogP contribution in [0.15, 0.2) is 41.5 Å². The number of carbonyl (C=O) groups is 1. The Hall–Kier alpha value is -1.90. The number of nitrogens with zero attached hydrogens (tertiary/aromatic N) is 1. The number of rotatable bonds is 2. The molecule has 0 saturated heterocycles. The largest absolute Gasteiger partial charge is 0.271 e. The topological polar surface area (TPSA) is 41.5 Å². The standard InChI is InChI=1S/C15H16N2O/c1-10-5-7-11(8-6-10)15(18)17-16-14-9-12-3-2-4-13(12)14/h2-3,5-8,12-13H,4,9H2,1H3,(H,17,18). The van der Waals surface area contributed by atoms with Crippen molar-refractivity contribution in [3.05, 3.63) is 47.5 Å². The van der Waals surface area contributed by atoms with Crippen LogP contribution in [0.5, 0.6) is 0 Å². The fraction of sp³-hybridized carbons (Fsp3) is 0.333. The number of benzene rings is 1. The zero-order chi connectivity index (χ0) is 12.5. The Labute approximate surface area is 107 Å². The van der Waals surface area contributed by atoms with Crippen LogP contribution >= 0.6 is 0 Å². The van der Waals surface area contributed by atoms with Crippen LogP contribution < -0.4 is 5.43 Å². The molecule has 3 heteroatoms. The lowest BCUT2D eigenvalue weighted by atomic mass is 9.74. The van der Waals surface area contributed by atoms with Gasteiger partial charge < -0.3 is 0 Å². The van der Waals surface area contributed by atoms with Crippen molar-refractivity contribution in [2.24, 2.45) is 16.9 Å². The van der Waals surface area contributed by atoms with E-state index in [0.29, 0.717) is 17.4 Å². The molecule has 0 heterocycles. The maximum absolute atomic E-state index is 11.9. The van der Waals surface area contributed by atoms with E-state index in [9.17, 15) is 4.79 Å². The number of fused-ring (bicyclic) bond motifs is 1. The summed E-state index contributed by atoms with van der Waals surface area (Å²) < 4.78 is 0. The third-order valence-electron chi connectivity index (χ3n) is 3.78. The van der Waals surface area contributed by atoms with Crippen molar-refractivity contribution in [1.82, 2.24) is 5.43 Å². The number of hydrogen-bond acceptors (Lipinski definition) is 2. The average molecular weight is 240 g/mol. The van der Waals surface area contributed by atoms with E-state index in [0.717, 1.165) is 24.1 Å². The van der Waals surface area contributed by atoms with Gasteiger partial charge in [-0.3, -0.25) is 4.79 Å². The molecule has 1 N–H and O–H groups in total. The van der Waals surface area contributed by atoms with Crippen LogP contribution in [-0.2, 0) is 0 Å². The number of hydrazone groups is 1. The van der Waals surface area contributed by atoms with E-state index < -0.39 is 0 Å². The first-order valence-electron chi connectivity index (χ1n) is 6.34. The molecule has 1 saturated carbocycles. The summed E-state index contributed by atoms with van der Waals surface area (Å²) >= 11 is 0. The predicted molar refractivity (Wildman–Crippen MR) is 71.4 cm³/mol. The molecule has 1 fully saturated rings. The molecule has 2 atom stereocenters. The monoisotopic (exact) mass is 240 g/mol. The van der Waals surface area contributed by atoms with Gasteiger partial charge in [0.05, 0.1) is 0 Å². The Morgan fingerprint density at radius 3 is 2.83 bits per heavy atom. The molecule has 2 aliphatic carbocycles. The summed E-state index contributed by atoms with van der Waals surface area (Å²) in [4.78, 5) is 11.9. The van der Waals surface area contributed by atoms with Gasteiger partial charge in [0.25, 0.3) is 5.91 Å². The highest BCUT2D eigenvalue weighted by atomic mass is 16.2. The van der Waals surface area contributed by atoms with Crippen LogP contribution in [0, 0.1) is 18.8 Å². The van der Waals surface area contributed by atoms with Crippen molar-refractivity contribution in [2.45, 2.75) is 19.8 Å². The van der Waals surface area contributed by atoms with Gasteiger partial charge in [0, 0.05) is 17.2 Å². The molecular formula is C15H16N2O. The number of allylic oxidation sites excluding steroid dienone is 2. The van der Waals surface area contributed by atoms with Gasteiger partial charge in [-0.2, -0.15) is 5.10 Å².